The Morgan fingerprint density at radius 2 is 0.481 bits per heavy atom. The average Bonchev–Trinajstić information content (AvgIpc) is 0.902. The van der Waals surface area contributed by atoms with Gasteiger partial charge in [-0.05, 0) is 37.5 Å². The van der Waals surface area contributed by atoms with Gasteiger partial charge in [-0.1, -0.05) is 414 Å². The molecular weight excluding hydrogens is 1380 g/mol. The zero-order valence-corrected chi connectivity index (χ0v) is 71.5. The minimum Gasteiger partial charge on any atom is -0.462 e. The van der Waals surface area contributed by atoms with E-state index in [-0.39, 0.29) is 25.7 Å². The highest BCUT2D eigenvalue weighted by atomic mass is 31.2. The highest BCUT2D eigenvalue weighted by molar-refractivity contribution is 7.47. The average molecular weight is 1550 g/mol. The number of phosphoric acid groups is 2. The van der Waals surface area contributed by atoms with Crippen molar-refractivity contribution in [3.63, 3.8) is 0 Å². The van der Waals surface area contributed by atoms with E-state index in [0.29, 0.717) is 25.7 Å². The molecule has 0 aromatic heterocycles. The second-order valence-electron chi connectivity index (χ2n) is 32.0. The number of aliphatic hydroxyl groups excluding tert-OH is 1. The third-order valence-electron chi connectivity index (χ3n) is 20.8. The Hall–Kier alpha value is -1.94. The van der Waals surface area contributed by atoms with Gasteiger partial charge in [0, 0.05) is 25.7 Å². The number of hydrogen-bond donors (Lipinski definition) is 3. The fourth-order valence-corrected chi connectivity index (χ4v) is 15.1. The van der Waals surface area contributed by atoms with Crippen LogP contribution in [0.4, 0.5) is 0 Å². The van der Waals surface area contributed by atoms with Crippen LogP contribution in [0.5, 0.6) is 0 Å². The van der Waals surface area contributed by atoms with E-state index in [1.165, 1.54) is 283 Å². The van der Waals surface area contributed by atoms with E-state index >= 15 is 0 Å². The molecule has 0 aliphatic heterocycles. The van der Waals surface area contributed by atoms with Gasteiger partial charge in [-0.2, -0.15) is 0 Å². The first-order chi connectivity index (χ1) is 51.4. The van der Waals surface area contributed by atoms with Crippen molar-refractivity contribution in [1.82, 2.24) is 0 Å². The lowest BCUT2D eigenvalue weighted by molar-refractivity contribution is -0.161. The van der Waals surface area contributed by atoms with Crippen molar-refractivity contribution >= 4 is 39.5 Å². The lowest BCUT2D eigenvalue weighted by Gasteiger charge is -2.21. The first-order valence-corrected chi connectivity index (χ1v) is 48.0. The highest BCUT2D eigenvalue weighted by Gasteiger charge is 2.30. The van der Waals surface area contributed by atoms with Gasteiger partial charge in [-0.15, -0.1) is 0 Å². The molecule has 0 rings (SSSR count). The summed E-state index contributed by atoms with van der Waals surface area (Å²) in [7, 11) is -9.93. The summed E-state index contributed by atoms with van der Waals surface area (Å²) >= 11 is 0. The van der Waals surface area contributed by atoms with E-state index in [4.69, 9.17) is 37.0 Å². The number of unbranched alkanes of at least 4 members (excludes halogenated alkanes) is 55. The molecule has 630 valence electrons. The number of rotatable bonds is 86. The molecule has 0 radical (unpaired) electrons. The summed E-state index contributed by atoms with van der Waals surface area (Å²) in [6.45, 7) is 9.73. The quantitative estimate of drug-likeness (QED) is 0.0222. The van der Waals surface area contributed by atoms with Crippen LogP contribution in [0.3, 0.4) is 0 Å². The Bertz CT molecular complexity index is 2030. The molecule has 106 heavy (non-hydrogen) atoms. The molecule has 0 saturated heterocycles. The van der Waals surface area contributed by atoms with E-state index in [0.717, 1.165) is 102 Å². The normalized spacial score (nSPS) is 14.1. The number of hydrogen-bond acceptors (Lipinski definition) is 15. The molecule has 0 aliphatic rings. The molecule has 17 nitrogen and oxygen atoms in total. The summed E-state index contributed by atoms with van der Waals surface area (Å²) < 4.78 is 68.9. The molecule has 6 atom stereocenters. The fraction of sp³-hybridized carbons (Fsp3) is 0.954. The second kappa shape index (κ2) is 78.3. The largest absolute Gasteiger partial charge is 0.472 e. The predicted molar refractivity (Wildman–Crippen MR) is 437 cm³/mol. The molecule has 19 heteroatoms. The first kappa shape index (κ1) is 104. The predicted octanol–water partition coefficient (Wildman–Crippen LogP) is 26.6. The molecule has 0 saturated carbocycles. The van der Waals surface area contributed by atoms with Gasteiger partial charge in [-0.25, -0.2) is 9.13 Å². The Morgan fingerprint density at radius 1 is 0.274 bits per heavy atom. The Labute approximate surface area is 651 Å². The van der Waals surface area contributed by atoms with Crippen molar-refractivity contribution in [2.45, 2.75) is 484 Å². The molecular formula is C87H170O17P2. The minimum atomic E-state index is -4.97. The van der Waals surface area contributed by atoms with Crippen LogP contribution in [-0.4, -0.2) is 96.7 Å². The smallest absolute Gasteiger partial charge is 0.462 e. The van der Waals surface area contributed by atoms with Gasteiger partial charge in [0.1, 0.15) is 19.3 Å². The molecule has 3 unspecified atom stereocenters. The molecule has 0 aromatic carbocycles. The van der Waals surface area contributed by atoms with Gasteiger partial charge in [-0.3, -0.25) is 37.3 Å². The van der Waals surface area contributed by atoms with Crippen LogP contribution in [-0.2, 0) is 65.4 Å². The number of ether oxygens (including phenoxy) is 4. The van der Waals surface area contributed by atoms with Gasteiger partial charge in [0.2, 0.25) is 0 Å². The third kappa shape index (κ3) is 78.7. The topological polar surface area (TPSA) is 237 Å². The molecule has 0 bridgehead atoms. The van der Waals surface area contributed by atoms with Crippen molar-refractivity contribution in [3.8, 4) is 0 Å². The van der Waals surface area contributed by atoms with E-state index in [1.807, 2.05) is 0 Å². The molecule has 0 aromatic rings. The standard InChI is InChI=1S/C87H170O17P2/c1-7-10-12-14-16-18-19-20-21-22-23-24-28-31-34-40-46-52-58-64-70-85(90)98-76-83(104-86(91)71-65-59-53-47-41-35-32-29-26-25-27-30-33-39-45-50-56-62-68-80(6)9-3)78-102-106(95,96)100-74-81(88)73-99-105(93,94)101-77-82(75-97-84(89)69-63-57-51-43-17-15-13-11-8-2)103-87(92)72-66-60-54-48-42-37-36-38-44-49-55-61-67-79(4)5/h79-83,88H,7-78H2,1-6H3,(H,93,94)(H,95,96)/t80?,81-,82+,83+/m0/s1. The SMILES string of the molecule is CCCCCCCCCCCCCCCCCCCCCCC(=O)OC[C@H](COP(=O)(O)OC[C@@H](O)COP(=O)(O)OC[C@@H](COC(=O)CCCCCCCCCCC)OC(=O)CCCCCCCCCCCCCCC(C)C)OC(=O)CCCCCCCCCCCCCCCCCCCCC(C)CC. The van der Waals surface area contributed by atoms with Crippen molar-refractivity contribution < 1.29 is 80.2 Å². The maximum atomic E-state index is 13.2. The van der Waals surface area contributed by atoms with E-state index in [9.17, 15) is 43.2 Å². The maximum Gasteiger partial charge on any atom is 0.472 e. The van der Waals surface area contributed by atoms with E-state index < -0.39 is 97.5 Å². The highest BCUT2D eigenvalue weighted by Crippen LogP contribution is 2.45. The maximum absolute atomic E-state index is 13.2. The molecule has 3 N–H and O–H groups in total. The Kier molecular flexibility index (Phi) is 76.9. The summed E-state index contributed by atoms with van der Waals surface area (Å²) in [6, 6.07) is 0. The fourth-order valence-electron chi connectivity index (χ4n) is 13.6. The van der Waals surface area contributed by atoms with Crippen molar-refractivity contribution in [3.05, 3.63) is 0 Å². The molecule has 0 aliphatic carbocycles. The second-order valence-corrected chi connectivity index (χ2v) is 34.9. The van der Waals surface area contributed by atoms with E-state index in [2.05, 4.69) is 41.5 Å². The summed E-state index contributed by atoms with van der Waals surface area (Å²) in [6.07, 6.45) is 70.9. The van der Waals surface area contributed by atoms with Crippen molar-refractivity contribution in [2.24, 2.45) is 11.8 Å². The summed E-state index contributed by atoms with van der Waals surface area (Å²) in [4.78, 5) is 73.2. The molecule has 0 spiro atoms. The van der Waals surface area contributed by atoms with Crippen LogP contribution in [0.15, 0.2) is 0 Å². The molecule has 0 amide bonds. The van der Waals surface area contributed by atoms with Gasteiger partial charge in [0.15, 0.2) is 12.2 Å². The lowest BCUT2D eigenvalue weighted by Crippen LogP contribution is -2.30. The van der Waals surface area contributed by atoms with Crippen LogP contribution in [0.2, 0.25) is 0 Å². The van der Waals surface area contributed by atoms with Gasteiger partial charge in [0.25, 0.3) is 0 Å². The Balaban J connectivity index is 5.20. The third-order valence-corrected chi connectivity index (χ3v) is 22.7. The Morgan fingerprint density at radius 3 is 0.717 bits per heavy atom. The zero-order chi connectivity index (χ0) is 77.8. The summed E-state index contributed by atoms with van der Waals surface area (Å²) in [5, 5.41) is 10.7. The van der Waals surface area contributed by atoms with Gasteiger partial charge < -0.3 is 33.8 Å². The van der Waals surface area contributed by atoms with Crippen LogP contribution in [0.25, 0.3) is 0 Å². The monoisotopic (exact) mass is 1550 g/mol. The van der Waals surface area contributed by atoms with Crippen LogP contribution in [0.1, 0.15) is 465 Å². The summed E-state index contributed by atoms with van der Waals surface area (Å²) in [5.74, 6) is -0.455. The summed E-state index contributed by atoms with van der Waals surface area (Å²) in [5.41, 5.74) is 0. The number of carbonyl (C=O) groups excluding carboxylic acids is 4. The number of phosphoric ester groups is 2. The van der Waals surface area contributed by atoms with E-state index in [1.54, 1.807) is 0 Å². The first-order valence-electron chi connectivity index (χ1n) is 45.0. The number of aliphatic hydroxyl groups is 1. The molecule has 0 fully saturated rings. The van der Waals surface area contributed by atoms with Crippen LogP contribution < -0.4 is 0 Å². The van der Waals surface area contributed by atoms with Crippen LogP contribution in [0, 0.1) is 11.8 Å². The zero-order valence-electron chi connectivity index (χ0n) is 69.7. The number of carbonyl (C=O) groups is 4. The lowest BCUT2D eigenvalue weighted by atomic mass is 9.99. The molecule has 0 heterocycles. The number of esters is 4. The minimum absolute atomic E-state index is 0.107. The van der Waals surface area contributed by atoms with Crippen LogP contribution >= 0.6 is 15.6 Å². The van der Waals surface area contributed by atoms with Gasteiger partial charge >= 0.3 is 39.5 Å². The van der Waals surface area contributed by atoms with Gasteiger partial charge in [0.05, 0.1) is 26.4 Å². The van der Waals surface area contributed by atoms with Crippen molar-refractivity contribution in [1.29, 1.82) is 0 Å². The van der Waals surface area contributed by atoms with Crippen molar-refractivity contribution in [2.75, 3.05) is 39.6 Å².